The van der Waals surface area contributed by atoms with Gasteiger partial charge in [0.25, 0.3) is 0 Å². The van der Waals surface area contributed by atoms with E-state index in [4.69, 9.17) is 10.5 Å². The average Bonchev–Trinajstić information content (AvgIpc) is 2.68. The van der Waals surface area contributed by atoms with Crippen molar-refractivity contribution in [1.82, 2.24) is 5.32 Å². The molecule has 112 valence electrons. The van der Waals surface area contributed by atoms with Crippen molar-refractivity contribution in [2.45, 2.75) is 83.4 Å². The Balaban J connectivity index is 2.02. The van der Waals surface area contributed by atoms with Crippen LogP contribution in [0.2, 0.25) is 0 Å². The molecule has 2 aliphatic rings. The summed E-state index contributed by atoms with van der Waals surface area (Å²) in [5, 5.41) is 3.92. The van der Waals surface area contributed by atoms with Gasteiger partial charge in [0.05, 0.1) is 5.60 Å². The third-order valence-corrected chi connectivity index (χ3v) is 5.36. The van der Waals surface area contributed by atoms with E-state index in [1.807, 2.05) is 0 Å². The number of hydrogen-bond acceptors (Lipinski definition) is 3. The summed E-state index contributed by atoms with van der Waals surface area (Å²) < 4.78 is 5.98. The number of nitrogens with one attached hydrogen (secondary N) is 1. The van der Waals surface area contributed by atoms with Crippen molar-refractivity contribution in [3.63, 3.8) is 0 Å². The zero-order valence-electron chi connectivity index (χ0n) is 13.2. The van der Waals surface area contributed by atoms with Crippen LogP contribution in [0.1, 0.15) is 66.2 Å². The van der Waals surface area contributed by atoms with E-state index in [0.717, 1.165) is 32.4 Å². The highest BCUT2D eigenvalue weighted by molar-refractivity contribution is 5.02. The first kappa shape index (κ1) is 15.3. The highest BCUT2D eigenvalue weighted by atomic mass is 16.5. The Bertz CT molecular complexity index is 318. The Labute approximate surface area is 118 Å². The minimum absolute atomic E-state index is 0.00125. The largest absolute Gasteiger partial charge is 0.375 e. The minimum atomic E-state index is -0.00125. The van der Waals surface area contributed by atoms with Gasteiger partial charge in [0.1, 0.15) is 0 Å². The number of hydrogen-bond donors (Lipinski definition) is 2. The van der Waals surface area contributed by atoms with Crippen LogP contribution in [0.5, 0.6) is 0 Å². The van der Waals surface area contributed by atoms with Crippen LogP contribution in [-0.4, -0.2) is 30.3 Å². The summed E-state index contributed by atoms with van der Waals surface area (Å²) in [7, 11) is 0. The molecule has 3 heteroatoms. The Kier molecular flexibility index (Phi) is 4.29. The van der Waals surface area contributed by atoms with E-state index in [1.54, 1.807) is 0 Å². The smallest absolute Gasteiger partial charge is 0.0670 e. The molecule has 2 rings (SSSR count). The van der Waals surface area contributed by atoms with Crippen molar-refractivity contribution in [2.24, 2.45) is 11.1 Å². The predicted molar refractivity (Wildman–Crippen MR) is 80.2 cm³/mol. The summed E-state index contributed by atoms with van der Waals surface area (Å²) in [4.78, 5) is 0. The van der Waals surface area contributed by atoms with Crippen molar-refractivity contribution in [3.8, 4) is 0 Å². The summed E-state index contributed by atoms with van der Waals surface area (Å²) in [6, 6.07) is 0.637. The van der Waals surface area contributed by atoms with Crippen molar-refractivity contribution in [3.05, 3.63) is 0 Å². The van der Waals surface area contributed by atoms with Gasteiger partial charge in [0, 0.05) is 24.7 Å². The maximum absolute atomic E-state index is 6.14. The van der Waals surface area contributed by atoms with Crippen LogP contribution in [0.3, 0.4) is 0 Å². The lowest BCUT2D eigenvalue weighted by atomic mass is 9.78. The third-order valence-electron chi connectivity index (χ3n) is 5.36. The lowest BCUT2D eigenvalue weighted by Crippen LogP contribution is -2.61. The normalized spacial score (nSPS) is 42.5. The fourth-order valence-corrected chi connectivity index (χ4v) is 3.92. The molecule has 3 nitrogen and oxygen atoms in total. The molecular weight excluding hydrogens is 236 g/mol. The van der Waals surface area contributed by atoms with Crippen LogP contribution in [0.25, 0.3) is 0 Å². The molecule has 0 radical (unpaired) electrons. The second kappa shape index (κ2) is 5.34. The van der Waals surface area contributed by atoms with Crippen molar-refractivity contribution < 1.29 is 4.74 Å². The molecule has 0 bridgehead atoms. The zero-order chi connectivity index (χ0) is 14.1. The van der Waals surface area contributed by atoms with Gasteiger partial charge in [-0.2, -0.15) is 0 Å². The summed E-state index contributed by atoms with van der Waals surface area (Å²) in [5.74, 6) is 0. The fourth-order valence-electron chi connectivity index (χ4n) is 3.92. The molecule has 1 aliphatic heterocycles. The topological polar surface area (TPSA) is 47.3 Å². The van der Waals surface area contributed by atoms with Gasteiger partial charge in [-0.15, -0.1) is 0 Å². The second-order valence-electron chi connectivity index (χ2n) is 7.81. The van der Waals surface area contributed by atoms with E-state index in [-0.39, 0.29) is 11.1 Å². The first-order chi connectivity index (χ1) is 8.82. The van der Waals surface area contributed by atoms with Crippen molar-refractivity contribution >= 4 is 0 Å². The lowest BCUT2D eigenvalue weighted by Gasteiger charge is -2.47. The predicted octanol–water partition coefficient (Wildman–Crippen LogP) is 2.83. The van der Waals surface area contributed by atoms with Crippen LogP contribution < -0.4 is 11.1 Å². The van der Waals surface area contributed by atoms with Crippen molar-refractivity contribution in [1.29, 1.82) is 0 Å². The van der Waals surface area contributed by atoms with Crippen molar-refractivity contribution in [2.75, 3.05) is 13.2 Å². The molecule has 0 aromatic heterocycles. The van der Waals surface area contributed by atoms with Gasteiger partial charge in [0.15, 0.2) is 0 Å². The minimum Gasteiger partial charge on any atom is -0.375 e. The second-order valence-corrected chi connectivity index (χ2v) is 7.81. The molecular formula is C16H32N2O. The van der Waals surface area contributed by atoms with E-state index >= 15 is 0 Å². The number of nitrogens with two attached hydrogens (primary N) is 1. The van der Waals surface area contributed by atoms with Gasteiger partial charge in [0.2, 0.25) is 0 Å². The quantitative estimate of drug-likeness (QED) is 0.824. The Hall–Kier alpha value is -0.120. The highest BCUT2D eigenvalue weighted by Gasteiger charge is 2.44. The first-order valence-electron chi connectivity index (χ1n) is 7.94. The highest BCUT2D eigenvalue weighted by Crippen LogP contribution is 2.40. The molecule has 1 heterocycles. The van der Waals surface area contributed by atoms with Gasteiger partial charge >= 0.3 is 0 Å². The standard InChI is InChI=1S/C16H32N2O/c1-5-15(4)11-16(12-17,8-9-19-15)18-13-6-7-14(2,3)10-13/h13,18H,5-12,17H2,1-4H3. The van der Waals surface area contributed by atoms with Gasteiger partial charge in [-0.25, -0.2) is 0 Å². The first-order valence-corrected chi connectivity index (χ1v) is 7.94. The lowest BCUT2D eigenvalue weighted by molar-refractivity contribution is -0.101. The van der Waals surface area contributed by atoms with Crippen LogP contribution in [0, 0.1) is 5.41 Å². The zero-order valence-corrected chi connectivity index (χ0v) is 13.2. The summed E-state index contributed by atoms with van der Waals surface area (Å²) in [5.41, 5.74) is 6.72. The van der Waals surface area contributed by atoms with Gasteiger partial charge in [-0.05, 0) is 50.9 Å². The van der Waals surface area contributed by atoms with Crippen LogP contribution >= 0.6 is 0 Å². The van der Waals surface area contributed by atoms with E-state index in [9.17, 15) is 0 Å². The summed E-state index contributed by atoms with van der Waals surface area (Å²) in [6.45, 7) is 10.8. The van der Waals surface area contributed by atoms with E-state index < -0.39 is 0 Å². The maximum atomic E-state index is 6.14. The van der Waals surface area contributed by atoms with Gasteiger partial charge in [-0.3, -0.25) is 0 Å². The Morgan fingerprint density at radius 1 is 1.26 bits per heavy atom. The number of rotatable bonds is 4. The molecule has 0 amide bonds. The molecule has 3 atom stereocenters. The Morgan fingerprint density at radius 3 is 2.53 bits per heavy atom. The SMILES string of the molecule is CCC1(C)CC(CN)(NC2CCC(C)(C)C2)CCO1. The molecule has 0 aromatic rings. The molecule has 1 saturated carbocycles. The molecule has 3 N–H and O–H groups in total. The molecule has 19 heavy (non-hydrogen) atoms. The third kappa shape index (κ3) is 3.50. The van der Waals surface area contributed by atoms with E-state index in [0.29, 0.717) is 11.5 Å². The van der Waals surface area contributed by atoms with E-state index in [2.05, 4.69) is 33.0 Å². The Morgan fingerprint density at radius 2 is 2.00 bits per heavy atom. The number of ether oxygens (including phenoxy) is 1. The van der Waals surface area contributed by atoms with Gasteiger partial charge in [-0.1, -0.05) is 20.8 Å². The van der Waals surface area contributed by atoms with Crippen LogP contribution in [-0.2, 0) is 4.74 Å². The van der Waals surface area contributed by atoms with Gasteiger partial charge < -0.3 is 15.8 Å². The van der Waals surface area contributed by atoms with Crippen LogP contribution in [0.15, 0.2) is 0 Å². The van der Waals surface area contributed by atoms with Crippen LogP contribution in [0.4, 0.5) is 0 Å². The molecule has 0 spiro atoms. The average molecular weight is 268 g/mol. The molecule has 2 fully saturated rings. The summed E-state index contributed by atoms with van der Waals surface area (Å²) >= 11 is 0. The molecule has 1 aliphatic carbocycles. The fraction of sp³-hybridized carbons (Fsp3) is 1.00. The monoisotopic (exact) mass is 268 g/mol. The molecule has 3 unspecified atom stereocenters. The maximum Gasteiger partial charge on any atom is 0.0670 e. The van der Waals surface area contributed by atoms with E-state index in [1.165, 1.54) is 19.3 Å². The molecule has 1 saturated heterocycles. The molecule has 0 aromatic carbocycles. The summed E-state index contributed by atoms with van der Waals surface area (Å²) in [6.07, 6.45) is 7.05.